The molecule has 2 atom stereocenters. The summed E-state index contributed by atoms with van der Waals surface area (Å²) in [7, 11) is 0. The summed E-state index contributed by atoms with van der Waals surface area (Å²) >= 11 is 0. The molecule has 2 unspecified atom stereocenters. The number of benzene rings is 1. The number of hydrogen-bond donors (Lipinski definition) is 3. The molecule has 18 heavy (non-hydrogen) atoms. The van der Waals surface area contributed by atoms with Crippen molar-refractivity contribution in [1.29, 1.82) is 0 Å². The SMILES string of the molecule is O=C(NCC(O)C(F)F)C1CNc2ccccc21. The quantitative estimate of drug-likeness (QED) is 0.751. The van der Waals surface area contributed by atoms with Gasteiger partial charge in [0, 0.05) is 18.8 Å². The number of carbonyl (C=O) groups is 1. The van der Waals surface area contributed by atoms with Gasteiger partial charge in [-0.25, -0.2) is 8.78 Å². The van der Waals surface area contributed by atoms with Crippen LogP contribution in [0.2, 0.25) is 0 Å². The van der Waals surface area contributed by atoms with Gasteiger partial charge < -0.3 is 15.7 Å². The van der Waals surface area contributed by atoms with Crippen LogP contribution in [0.25, 0.3) is 0 Å². The third-order valence-corrected chi connectivity index (χ3v) is 2.93. The molecule has 98 valence electrons. The van der Waals surface area contributed by atoms with Gasteiger partial charge in [-0.3, -0.25) is 4.79 Å². The first kappa shape index (κ1) is 12.8. The molecule has 3 N–H and O–H groups in total. The van der Waals surface area contributed by atoms with Crippen LogP contribution in [0.15, 0.2) is 24.3 Å². The topological polar surface area (TPSA) is 61.4 Å². The summed E-state index contributed by atoms with van der Waals surface area (Å²) in [6.45, 7) is 0.00508. The van der Waals surface area contributed by atoms with Gasteiger partial charge in [0.05, 0.1) is 5.92 Å². The van der Waals surface area contributed by atoms with Crippen LogP contribution in [0.4, 0.5) is 14.5 Å². The Hall–Kier alpha value is -1.69. The second-order valence-corrected chi connectivity index (χ2v) is 4.17. The van der Waals surface area contributed by atoms with E-state index >= 15 is 0 Å². The monoisotopic (exact) mass is 256 g/mol. The van der Waals surface area contributed by atoms with Crippen molar-refractivity contribution in [2.75, 3.05) is 18.4 Å². The highest BCUT2D eigenvalue weighted by Crippen LogP contribution is 2.30. The largest absolute Gasteiger partial charge is 0.385 e. The molecule has 1 heterocycles. The van der Waals surface area contributed by atoms with Gasteiger partial charge in [-0.15, -0.1) is 0 Å². The van der Waals surface area contributed by atoms with Gasteiger partial charge in [0.15, 0.2) is 0 Å². The molecule has 1 aromatic carbocycles. The molecule has 0 saturated carbocycles. The minimum absolute atomic E-state index is 0.354. The molecule has 6 heteroatoms. The highest BCUT2D eigenvalue weighted by atomic mass is 19.3. The third-order valence-electron chi connectivity index (χ3n) is 2.93. The number of rotatable bonds is 4. The first-order valence-corrected chi connectivity index (χ1v) is 5.66. The molecule has 1 amide bonds. The molecule has 1 aromatic rings. The number of anilines is 1. The summed E-state index contributed by atoms with van der Waals surface area (Å²) in [6.07, 6.45) is -4.67. The maximum Gasteiger partial charge on any atom is 0.265 e. The van der Waals surface area contributed by atoms with E-state index in [2.05, 4.69) is 10.6 Å². The van der Waals surface area contributed by atoms with Crippen molar-refractivity contribution in [2.45, 2.75) is 18.4 Å². The summed E-state index contributed by atoms with van der Waals surface area (Å²) in [4.78, 5) is 11.8. The smallest absolute Gasteiger partial charge is 0.265 e. The Balaban J connectivity index is 1.95. The van der Waals surface area contributed by atoms with Crippen LogP contribution in [0.1, 0.15) is 11.5 Å². The van der Waals surface area contributed by atoms with Crippen molar-refractivity contribution in [3.8, 4) is 0 Å². The third kappa shape index (κ3) is 2.59. The van der Waals surface area contributed by atoms with Crippen molar-refractivity contribution >= 4 is 11.6 Å². The van der Waals surface area contributed by atoms with Crippen molar-refractivity contribution in [2.24, 2.45) is 0 Å². The van der Waals surface area contributed by atoms with Gasteiger partial charge in [-0.05, 0) is 11.6 Å². The predicted molar refractivity (Wildman–Crippen MR) is 62.7 cm³/mol. The zero-order valence-corrected chi connectivity index (χ0v) is 9.57. The Bertz CT molecular complexity index is 440. The molecule has 0 aliphatic carbocycles. The average Bonchev–Trinajstić information content (AvgIpc) is 2.79. The fourth-order valence-electron chi connectivity index (χ4n) is 1.94. The summed E-state index contributed by atoms with van der Waals surface area (Å²) in [5.41, 5.74) is 1.73. The van der Waals surface area contributed by atoms with Gasteiger partial charge in [0.2, 0.25) is 5.91 Å². The number of nitrogens with one attached hydrogen (secondary N) is 2. The minimum Gasteiger partial charge on any atom is -0.385 e. The highest BCUT2D eigenvalue weighted by Gasteiger charge is 2.28. The molecule has 0 spiro atoms. The molecule has 1 aliphatic rings. The standard InChI is InChI=1S/C12H14F2N2O2/c13-11(14)10(17)6-16-12(18)8-5-15-9-4-2-1-3-7(8)9/h1-4,8,10-11,15,17H,5-6H2,(H,16,18). The lowest BCUT2D eigenvalue weighted by atomic mass is 10.0. The summed E-state index contributed by atoms with van der Waals surface area (Å²) < 4.78 is 24.2. The average molecular weight is 256 g/mol. The molecular weight excluding hydrogens is 242 g/mol. The molecule has 0 saturated heterocycles. The molecular formula is C12H14F2N2O2. The van der Waals surface area contributed by atoms with E-state index in [-0.39, 0.29) is 5.91 Å². The van der Waals surface area contributed by atoms with E-state index in [0.29, 0.717) is 6.54 Å². The second-order valence-electron chi connectivity index (χ2n) is 4.17. The number of halogens is 2. The lowest BCUT2D eigenvalue weighted by molar-refractivity contribution is -0.123. The highest BCUT2D eigenvalue weighted by molar-refractivity contribution is 5.88. The molecule has 0 radical (unpaired) electrons. The van der Waals surface area contributed by atoms with E-state index in [1.165, 1.54) is 0 Å². The van der Waals surface area contributed by atoms with Gasteiger partial charge in [-0.1, -0.05) is 18.2 Å². The van der Waals surface area contributed by atoms with E-state index in [1.54, 1.807) is 0 Å². The lowest BCUT2D eigenvalue weighted by Crippen LogP contribution is -2.38. The Morgan fingerprint density at radius 3 is 2.94 bits per heavy atom. The van der Waals surface area contributed by atoms with E-state index in [4.69, 9.17) is 5.11 Å². The maximum absolute atomic E-state index is 12.1. The Morgan fingerprint density at radius 1 is 1.50 bits per heavy atom. The number of amides is 1. The van der Waals surface area contributed by atoms with Crippen molar-refractivity contribution in [3.05, 3.63) is 29.8 Å². The minimum atomic E-state index is -2.85. The molecule has 0 fully saturated rings. The lowest BCUT2D eigenvalue weighted by Gasteiger charge is -2.14. The van der Waals surface area contributed by atoms with Gasteiger partial charge in [-0.2, -0.15) is 0 Å². The number of alkyl halides is 2. The predicted octanol–water partition coefficient (Wildman–Crippen LogP) is 0.938. The Labute approximate surface area is 103 Å². The van der Waals surface area contributed by atoms with Crippen molar-refractivity contribution in [3.63, 3.8) is 0 Å². The zero-order valence-electron chi connectivity index (χ0n) is 9.57. The fraction of sp³-hybridized carbons (Fsp3) is 0.417. The Morgan fingerprint density at radius 2 is 2.22 bits per heavy atom. The van der Waals surface area contributed by atoms with E-state index in [0.717, 1.165) is 11.3 Å². The summed E-state index contributed by atoms with van der Waals surface area (Å²) in [5.74, 6) is -0.752. The first-order valence-electron chi connectivity index (χ1n) is 5.66. The van der Waals surface area contributed by atoms with Crippen LogP contribution in [-0.4, -0.2) is 36.6 Å². The summed E-state index contributed by atoms with van der Waals surface area (Å²) in [6, 6.07) is 7.35. The molecule has 2 rings (SSSR count). The molecule has 0 bridgehead atoms. The normalized spacial score (nSPS) is 19.2. The van der Waals surface area contributed by atoms with Crippen molar-refractivity contribution in [1.82, 2.24) is 5.32 Å². The maximum atomic E-state index is 12.1. The van der Waals surface area contributed by atoms with Gasteiger partial charge >= 0.3 is 0 Å². The molecule has 4 nitrogen and oxygen atoms in total. The van der Waals surface area contributed by atoms with Gasteiger partial charge in [0.1, 0.15) is 6.10 Å². The van der Waals surface area contributed by atoms with Crippen molar-refractivity contribution < 1.29 is 18.7 Å². The van der Waals surface area contributed by atoms with Crippen LogP contribution < -0.4 is 10.6 Å². The van der Waals surface area contributed by atoms with Crippen LogP contribution in [0.3, 0.4) is 0 Å². The van der Waals surface area contributed by atoms with E-state index in [9.17, 15) is 13.6 Å². The molecule has 0 aromatic heterocycles. The van der Waals surface area contributed by atoms with Crippen LogP contribution >= 0.6 is 0 Å². The number of hydrogen-bond acceptors (Lipinski definition) is 3. The number of aliphatic hydroxyl groups excluding tert-OH is 1. The molecule has 1 aliphatic heterocycles. The van der Waals surface area contributed by atoms with Gasteiger partial charge in [0.25, 0.3) is 6.43 Å². The van der Waals surface area contributed by atoms with Crippen LogP contribution in [0.5, 0.6) is 0 Å². The van der Waals surface area contributed by atoms with Crippen LogP contribution in [0, 0.1) is 0 Å². The summed E-state index contributed by atoms with van der Waals surface area (Å²) in [5, 5.41) is 14.3. The van der Waals surface area contributed by atoms with E-state index < -0.39 is 25.0 Å². The van der Waals surface area contributed by atoms with Crippen LogP contribution in [-0.2, 0) is 4.79 Å². The number of carbonyl (C=O) groups excluding carboxylic acids is 1. The Kier molecular flexibility index (Phi) is 3.76. The number of para-hydroxylation sites is 1. The number of aliphatic hydroxyl groups is 1. The number of fused-ring (bicyclic) bond motifs is 1. The zero-order chi connectivity index (χ0) is 13.1. The first-order chi connectivity index (χ1) is 8.59. The second kappa shape index (κ2) is 5.30. The fourth-order valence-corrected chi connectivity index (χ4v) is 1.94. The van der Waals surface area contributed by atoms with E-state index in [1.807, 2.05) is 24.3 Å².